The number of hydrogen-bond acceptors (Lipinski definition) is 5. The van der Waals surface area contributed by atoms with E-state index in [9.17, 15) is 9.59 Å². The standard InChI is InChI=1S/C15H22N2O4/c1-3-21-14(18)7-10-17(9-5-11-20-2)15(19)13-6-4-8-16-12-13/h4,6,8,12H,3,5,7,9-11H2,1-2H3. The van der Waals surface area contributed by atoms with Crippen molar-refractivity contribution in [3.63, 3.8) is 0 Å². The minimum Gasteiger partial charge on any atom is -0.466 e. The second-order valence-corrected chi connectivity index (χ2v) is 4.44. The number of rotatable bonds is 9. The number of pyridine rings is 1. The molecule has 0 unspecified atom stereocenters. The minimum atomic E-state index is -0.298. The van der Waals surface area contributed by atoms with Crippen LogP contribution >= 0.6 is 0 Å². The molecule has 21 heavy (non-hydrogen) atoms. The van der Waals surface area contributed by atoms with Crippen LogP contribution in [0.2, 0.25) is 0 Å². The molecule has 0 fully saturated rings. The molecule has 6 heteroatoms. The zero-order valence-electron chi connectivity index (χ0n) is 12.6. The van der Waals surface area contributed by atoms with Gasteiger partial charge in [0.2, 0.25) is 0 Å². The molecule has 0 bridgehead atoms. The van der Waals surface area contributed by atoms with Crippen molar-refractivity contribution in [2.24, 2.45) is 0 Å². The van der Waals surface area contributed by atoms with Gasteiger partial charge in [-0.15, -0.1) is 0 Å². The van der Waals surface area contributed by atoms with Crippen LogP contribution < -0.4 is 0 Å². The third-order valence-corrected chi connectivity index (χ3v) is 2.86. The third kappa shape index (κ3) is 6.35. The molecule has 0 aliphatic rings. The van der Waals surface area contributed by atoms with Crippen LogP contribution in [-0.2, 0) is 14.3 Å². The summed E-state index contributed by atoms with van der Waals surface area (Å²) in [7, 11) is 1.62. The predicted molar refractivity (Wildman–Crippen MR) is 77.9 cm³/mol. The second kappa shape index (κ2) is 9.88. The van der Waals surface area contributed by atoms with E-state index in [4.69, 9.17) is 9.47 Å². The summed E-state index contributed by atoms with van der Waals surface area (Å²) in [5.74, 6) is -0.434. The number of carbonyl (C=O) groups is 2. The lowest BCUT2D eigenvalue weighted by Gasteiger charge is -2.22. The molecule has 1 aromatic rings. The van der Waals surface area contributed by atoms with Gasteiger partial charge in [0.15, 0.2) is 0 Å². The predicted octanol–water partition coefficient (Wildman–Crippen LogP) is 1.51. The lowest BCUT2D eigenvalue weighted by atomic mass is 10.2. The largest absolute Gasteiger partial charge is 0.466 e. The van der Waals surface area contributed by atoms with Gasteiger partial charge in [-0.2, -0.15) is 0 Å². The van der Waals surface area contributed by atoms with Gasteiger partial charge in [0.1, 0.15) is 0 Å². The molecule has 0 N–H and O–H groups in total. The fraction of sp³-hybridized carbons (Fsp3) is 0.533. The first-order valence-corrected chi connectivity index (χ1v) is 7.03. The third-order valence-electron chi connectivity index (χ3n) is 2.86. The lowest BCUT2D eigenvalue weighted by molar-refractivity contribution is -0.143. The highest BCUT2D eigenvalue weighted by atomic mass is 16.5. The van der Waals surface area contributed by atoms with Crippen molar-refractivity contribution < 1.29 is 19.1 Å². The SMILES string of the molecule is CCOC(=O)CCN(CCCOC)C(=O)c1cccnc1. The average molecular weight is 294 g/mol. The molecule has 1 amide bonds. The summed E-state index contributed by atoms with van der Waals surface area (Å²) in [6, 6.07) is 3.43. The highest BCUT2D eigenvalue weighted by molar-refractivity contribution is 5.94. The monoisotopic (exact) mass is 294 g/mol. The Balaban J connectivity index is 2.62. The van der Waals surface area contributed by atoms with Crippen LogP contribution in [0.4, 0.5) is 0 Å². The molecule has 0 radical (unpaired) electrons. The Bertz CT molecular complexity index is 437. The van der Waals surface area contributed by atoms with E-state index in [1.165, 1.54) is 6.20 Å². The highest BCUT2D eigenvalue weighted by Gasteiger charge is 2.17. The van der Waals surface area contributed by atoms with Gasteiger partial charge < -0.3 is 14.4 Å². The van der Waals surface area contributed by atoms with Crippen molar-refractivity contribution in [3.8, 4) is 0 Å². The van der Waals surface area contributed by atoms with E-state index in [1.807, 2.05) is 0 Å². The van der Waals surface area contributed by atoms with E-state index in [0.29, 0.717) is 38.3 Å². The van der Waals surface area contributed by atoms with Gasteiger partial charge >= 0.3 is 5.97 Å². The van der Waals surface area contributed by atoms with Crippen molar-refractivity contribution in [1.82, 2.24) is 9.88 Å². The Morgan fingerprint density at radius 1 is 1.33 bits per heavy atom. The maximum Gasteiger partial charge on any atom is 0.307 e. The first-order chi connectivity index (χ1) is 10.2. The van der Waals surface area contributed by atoms with Gasteiger partial charge in [-0.1, -0.05) is 0 Å². The normalized spacial score (nSPS) is 10.2. The molecule has 0 atom stereocenters. The summed E-state index contributed by atoms with van der Waals surface area (Å²) in [5, 5.41) is 0. The number of methoxy groups -OCH3 is 1. The summed E-state index contributed by atoms with van der Waals surface area (Å²) in [6.07, 6.45) is 4.04. The molecule has 0 saturated carbocycles. The smallest absolute Gasteiger partial charge is 0.307 e. The van der Waals surface area contributed by atoms with Gasteiger partial charge in [-0.3, -0.25) is 14.6 Å². The van der Waals surface area contributed by atoms with E-state index in [-0.39, 0.29) is 18.3 Å². The fourth-order valence-corrected chi connectivity index (χ4v) is 1.85. The van der Waals surface area contributed by atoms with E-state index < -0.39 is 0 Å². The Morgan fingerprint density at radius 2 is 2.14 bits per heavy atom. The molecule has 116 valence electrons. The number of esters is 1. The van der Waals surface area contributed by atoms with Crippen LogP contribution in [-0.4, -0.2) is 55.2 Å². The topological polar surface area (TPSA) is 68.7 Å². The zero-order chi connectivity index (χ0) is 15.5. The quantitative estimate of drug-likeness (QED) is 0.510. The second-order valence-electron chi connectivity index (χ2n) is 4.44. The van der Waals surface area contributed by atoms with Gasteiger partial charge in [0.25, 0.3) is 5.91 Å². The van der Waals surface area contributed by atoms with E-state index in [0.717, 1.165) is 0 Å². The number of carbonyl (C=O) groups excluding carboxylic acids is 2. The van der Waals surface area contributed by atoms with Crippen LogP contribution in [0.5, 0.6) is 0 Å². The number of nitrogens with zero attached hydrogens (tertiary/aromatic N) is 2. The van der Waals surface area contributed by atoms with Crippen LogP contribution in [0.1, 0.15) is 30.1 Å². The molecular weight excluding hydrogens is 272 g/mol. The van der Waals surface area contributed by atoms with Crippen molar-refractivity contribution in [2.45, 2.75) is 19.8 Å². The average Bonchev–Trinajstić information content (AvgIpc) is 2.51. The van der Waals surface area contributed by atoms with Crippen LogP contribution in [0, 0.1) is 0 Å². The number of amides is 1. The summed E-state index contributed by atoms with van der Waals surface area (Å²) in [4.78, 5) is 29.4. The first-order valence-electron chi connectivity index (χ1n) is 7.03. The molecule has 1 heterocycles. The number of aromatic nitrogens is 1. The van der Waals surface area contributed by atoms with E-state index in [1.54, 1.807) is 37.3 Å². The highest BCUT2D eigenvalue weighted by Crippen LogP contribution is 2.06. The minimum absolute atomic E-state index is 0.136. The molecule has 6 nitrogen and oxygen atoms in total. The zero-order valence-corrected chi connectivity index (χ0v) is 12.6. The van der Waals surface area contributed by atoms with Crippen molar-refractivity contribution >= 4 is 11.9 Å². The van der Waals surface area contributed by atoms with Gasteiger partial charge in [-0.25, -0.2) is 0 Å². The Hall–Kier alpha value is -1.95. The summed E-state index contributed by atoms with van der Waals surface area (Å²) in [5.41, 5.74) is 0.513. The first kappa shape index (κ1) is 17.1. The molecule has 0 spiro atoms. The van der Waals surface area contributed by atoms with Crippen LogP contribution in [0.3, 0.4) is 0 Å². The molecular formula is C15H22N2O4. The molecule has 0 aliphatic heterocycles. The molecule has 0 aliphatic carbocycles. The molecule has 0 aromatic carbocycles. The maximum atomic E-state index is 12.4. The van der Waals surface area contributed by atoms with Crippen molar-refractivity contribution in [1.29, 1.82) is 0 Å². The van der Waals surface area contributed by atoms with Crippen molar-refractivity contribution in [2.75, 3.05) is 33.4 Å². The molecule has 1 aromatic heterocycles. The molecule has 0 saturated heterocycles. The van der Waals surface area contributed by atoms with Crippen molar-refractivity contribution in [3.05, 3.63) is 30.1 Å². The lowest BCUT2D eigenvalue weighted by Crippen LogP contribution is -2.34. The summed E-state index contributed by atoms with van der Waals surface area (Å²) >= 11 is 0. The Kier molecular flexibility index (Phi) is 8.04. The van der Waals surface area contributed by atoms with E-state index in [2.05, 4.69) is 4.98 Å². The Labute approximate surface area is 125 Å². The number of hydrogen-bond donors (Lipinski definition) is 0. The van der Waals surface area contributed by atoms with Gasteiger partial charge in [-0.05, 0) is 25.5 Å². The van der Waals surface area contributed by atoms with Gasteiger partial charge in [0, 0.05) is 39.2 Å². The Morgan fingerprint density at radius 3 is 2.76 bits per heavy atom. The number of ether oxygens (including phenoxy) is 2. The summed E-state index contributed by atoms with van der Waals surface area (Å²) < 4.78 is 9.89. The summed E-state index contributed by atoms with van der Waals surface area (Å²) in [6.45, 7) is 3.53. The fourth-order valence-electron chi connectivity index (χ4n) is 1.85. The van der Waals surface area contributed by atoms with Crippen LogP contribution in [0.15, 0.2) is 24.5 Å². The molecule has 1 rings (SSSR count). The van der Waals surface area contributed by atoms with E-state index >= 15 is 0 Å². The van der Waals surface area contributed by atoms with Crippen LogP contribution in [0.25, 0.3) is 0 Å². The van der Waals surface area contributed by atoms with Gasteiger partial charge in [0.05, 0.1) is 18.6 Å². The maximum absolute atomic E-state index is 12.4.